The van der Waals surface area contributed by atoms with Gasteiger partial charge < -0.3 is 20.1 Å². The average molecular weight is 299 g/mol. The van der Waals surface area contributed by atoms with Crippen molar-refractivity contribution in [2.24, 2.45) is 0 Å². The van der Waals surface area contributed by atoms with Gasteiger partial charge >= 0.3 is 0 Å². The number of anilines is 1. The van der Waals surface area contributed by atoms with Gasteiger partial charge in [0.25, 0.3) is 0 Å². The van der Waals surface area contributed by atoms with Crippen molar-refractivity contribution in [3.8, 4) is 0 Å². The largest absolute Gasteiger partial charge is 0.394 e. The molecule has 1 aromatic carbocycles. The van der Waals surface area contributed by atoms with Crippen molar-refractivity contribution in [3.63, 3.8) is 0 Å². The number of para-hydroxylation sites is 1. The van der Waals surface area contributed by atoms with Crippen LogP contribution in [0.4, 0.5) is 5.69 Å². The Morgan fingerprint density at radius 2 is 2.30 bits per heavy atom. The Bertz CT molecular complexity index is 442. The van der Waals surface area contributed by atoms with Crippen LogP contribution in [-0.2, 0) is 11.3 Å². The zero-order chi connectivity index (χ0) is 14.5. The van der Waals surface area contributed by atoms with Crippen LogP contribution in [0.3, 0.4) is 0 Å². The van der Waals surface area contributed by atoms with Gasteiger partial charge in [-0.05, 0) is 25.1 Å². The van der Waals surface area contributed by atoms with Gasteiger partial charge in [-0.3, -0.25) is 0 Å². The molecule has 1 aliphatic heterocycles. The maximum absolute atomic E-state index is 9.32. The molecule has 1 fully saturated rings. The van der Waals surface area contributed by atoms with Crippen molar-refractivity contribution in [2.75, 3.05) is 31.2 Å². The Balaban J connectivity index is 2.29. The molecule has 1 saturated heterocycles. The number of aliphatic hydroxyl groups is 1. The van der Waals surface area contributed by atoms with Crippen molar-refractivity contribution in [1.29, 1.82) is 0 Å². The predicted octanol–water partition coefficient (Wildman–Crippen LogP) is 2.04. The third-order valence-corrected chi connectivity index (χ3v) is 3.94. The molecule has 2 rings (SSSR count). The smallest absolute Gasteiger partial charge is 0.0981 e. The van der Waals surface area contributed by atoms with Crippen LogP contribution < -0.4 is 10.2 Å². The van der Waals surface area contributed by atoms with Crippen molar-refractivity contribution in [2.45, 2.75) is 32.5 Å². The minimum atomic E-state index is -0.144. The molecule has 0 aromatic heterocycles. The van der Waals surface area contributed by atoms with E-state index in [0.717, 1.165) is 23.8 Å². The molecule has 5 heteroatoms. The monoisotopic (exact) mass is 298 g/mol. The molecule has 0 amide bonds. The topological polar surface area (TPSA) is 44.7 Å². The fourth-order valence-corrected chi connectivity index (χ4v) is 2.83. The number of rotatable bonds is 5. The molecule has 1 heterocycles. The molecular formula is C15H23ClN2O2. The number of benzene rings is 1. The summed E-state index contributed by atoms with van der Waals surface area (Å²) in [5.74, 6) is 0. The molecule has 1 aromatic rings. The summed E-state index contributed by atoms with van der Waals surface area (Å²) in [4.78, 5) is 2.25. The molecule has 20 heavy (non-hydrogen) atoms. The van der Waals surface area contributed by atoms with Gasteiger partial charge in [0, 0.05) is 19.1 Å². The Morgan fingerprint density at radius 1 is 1.50 bits per heavy atom. The maximum atomic E-state index is 9.32. The summed E-state index contributed by atoms with van der Waals surface area (Å²) >= 11 is 6.43. The van der Waals surface area contributed by atoms with Crippen LogP contribution in [0.15, 0.2) is 18.2 Å². The van der Waals surface area contributed by atoms with Crippen LogP contribution in [0, 0.1) is 0 Å². The molecule has 0 aliphatic carbocycles. The summed E-state index contributed by atoms with van der Waals surface area (Å²) in [6.45, 7) is 7.23. The van der Waals surface area contributed by atoms with Crippen LogP contribution in [-0.4, -0.2) is 43.6 Å². The second-order valence-corrected chi connectivity index (χ2v) is 5.57. The minimum Gasteiger partial charge on any atom is -0.394 e. The first kappa shape index (κ1) is 15.6. The summed E-state index contributed by atoms with van der Waals surface area (Å²) < 4.78 is 5.60. The van der Waals surface area contributed by atoms with E-state index in [1.807, 2.05) is 12.1 Å². The Kier molecular flexibility index (Phi) is 5.66. The average Bonchev–Trinajstić information content (AvgIpc) is 2.46. The summed E-state index contributed by atoms with van der Waals surface area (Å²) in [5, 5.41) is 13.4. The van der Waals surface area contributed by atoms with E-state index in [0.29, 0.717) is 13.2 Å². The molecule has 0 saturated carbocycles. The third kappa shape index (κ3) is 3.44. The van der Waals surface area contributed by atoms with Crippen LogP contribution in [0.1, 0.15) is 19.4 Å². The third-order valence-electron chi connectivity index (χ3n) is 3.63. The quantitative estimate of drug-likeness (QED) is 0.873. The standard InChI is InChI=1S/C15H23ClN2O2/c1-3-17-7-12-5-4-6-14(16)15(12)18-8-13(9-19)20-10-11(18)2/h4-6,11,13,17,19H,3,7-10H2,1-2H3. The van der Waals surface area contributed by atoms with Gasteiger partial charge in [-0.25, -0.2) is 0 Å². The van der Waals surface area contributed by atoms with E-state index in [2.05, 4.69) is 30.1 Å². The van der Waals surface area contributed by atoms with Crippen molar-refractivity contribution in [1.82, 2.24) is 5.32 Å². The molecular weight excluding hydrogens is 276 g/mol. The van der Waals surface area contributed by atoms with E-state index in [1.54, 1.807) is 0 Å². The number of aliphatic hydroxyl groups excluding tert-OH is 1. The number of morpholine rings is 1. The number of nitrogens with zero attached hydrogens (tertiary/aromatic N) is 1. The highest BCUT2D eigenvalue weighted by atomic mass is 35.5. The summed E-state index contributed by atoms with van der Waals surface area (Å²) in [6.07, 6.45) is -0.144. The fourth-order valence-electron chi connectivity index (χ4n) is 2.52. The second-order valence-electron chi connectivity index (χ2n) is 5.17. The number of nitrogens with one attached hydrogen (secondary N) is 1. The first-order valence-electron chi connectivity index (χ1n) is 7.14. The van der Waals surface area contributed by atoms with Crippen molar-refractivity contribution in [3.05, 3.63) is 28.8 Å². The molecule has 2 atom stereocenters. The van der Waals surface area contributed by atoms with E-state index < -0.39 is 0 Å². The van der Waals surface area contributed by atoms with Gasteiger partial charge in [-0.15, -0.1) is 0 Å². The van der Waals surface area contributed by atoms with Crippen molar-refractivity contribution < 1.29 is 9.84 Å². The van der Waals surface area contributed by atoms with E-state index in [-0.39, 0.29) is 18.8 Å². The first-order valence-corrected chi connectivity index (χ1v) is 7.52. The highest BCUT2D eigenvalue weighted by Gasteiger charge is 2.28. The molecule has 112 valence electrons. The summed E-state index contributed by atoms with van der Waals surface area (Å²) in [7, 11) is 0. The van der Waals surface area contributed by atoms with Crippen LogP contribution >= 0.6 is 11.6 Å². The Morgan fingerprint density at radius 3 is 3.00 bits per heavy atom. The maximum Gasteiger partial charge on any atom is 0.0981 e. The van der Waals surface area contributed by atoms with Crippen LogP contribution in [0.25, 0.3) is 0 Å². The molecule has 1 aliphatic rings. The minimum absolute atomic E-state index is 0.0379. The number of hydrogen-bond donors (Lipinski definition) is 2. The highest BCUT2D eigenvalue weighted by molar-refractivity contribution is 6.33. The van der Waals surface area contributed by atoms with Gasteiger partial charge in [0.1, 0.15) is 0 Å². The summed E-state index contributed by atoms with van der Waals surface area (Å²) in [5.41, 5.74) is 2.24. The highest BCUT2D eigenvalue weighted by Crippen LogP contribution is 2.33. The predicted molar refractivity (Wildman–Crippen MR) is 82.5 cm³/mol. The Labute approximate surface area is 125 Å². The molecule has 2 N–H and O–H groups in total. The zero-order valence-corrected chi connectivity index (χ0v) is 12.9. The van der Waals surface area contributed by atoms with Crippen LogP contribution in [0.5, 0.6) is 0 Å². The number of ether oxygens (including phenoxy) is 1. The van der Waals surface area contributed by atoms with Gasteiger partial charge in [0.05, 0.1) is 30.0 Å². The Hall–Kier alpha value is -0.810. The fraction of sp³-hybridized carbons (Fsp3) is 0.600. The normalized spacial score (nSPS) is 23.1. The van der Waals surface area contributed by atoms with Crippen LogP contribution in [0.2, 0.25) is 5.02 Å². The number of hydrogen-bond acceptors (Lipinski definition) is 4. The van der Waals surface area contributed by atoms with E-state index >= 15 is 0 Å². The SMILES string of the molecule is CCNCc1cccc(Cl)c1N1CC(CO)OCC1C. The lowest BCUT2D eigenvalue weighted by molar-refractivity contribution is -0.0103. The van der Waals surface area contributed by atoms with Gasteiger partial charge in [-0.2, -0.15) is 0 Å². The zero-order valence-electron chi connectivity index (χ0n) is 12.1. The van der Waals surface area contributed by atoms with E-state index in [1.165, 1.54) is 5.56 Å². The lowest BCUT2D eigenvalue weighted by atomic mass is 10.1. The summed E-state index contributed by atoms with van der Waals surface area (Å²) in [6, 6.07) is 6.24. The number of halogens is 1. The van der Waals surface area contributed by atoms with Crippen molar-refractivity contribution >= 4 is 17.3 Å². The lowest BCUT2D eigenvalue weighted by Gasteiger charge is -2.40. The molecule has 0 bridgehead atoms. The van der Waals surface area contributed by atoms with Gasteiger partial charge in [-0.1, -0.05) is 30.7 Å². The molecule has 0 radical (unpaired) electrons. The first-order chi connectivity index (χ1) is 9.67. The van der Waals surface area contributed by atoms with Gasteiger partial charge in [0.15, 0.2) is 0 Å². The second kappa shape index (κ2) is 7.27. The van der Waals surface area contributed by atoms with E-state index in [9.17, 15) is 5.11 Å². The molecule has 4 nitrogen and oxygen atoms in total. The molecule has 2 unspecified atom stereocenters. The lowest BCUT2D eigenvalue weighted by Crippen LogP contribution is -2.50. The van der Waals surface area contributed by atoms with E-state index in [4.69, 9.17) is 16.3 Å². The molecule has 0 spiro atoms. The van der Waals surface area contributed by atoms with Gasteiger partial charge in [0.2, 0.25) is 0 Å².